The zero-order valence-electron chi connectivity index (χ0n) is 12.8. The molecule has 0 aliphatic carbocycles. The number of carbonyl (C=O) groups is 1. The highest BCUT2D eigenvalue weighted by Gasteiger charge is 2.26. The standard InChI is InChI=1S/C18H17Cl2NO2/c1-12(23-17-10-15(19)6-7-16(17)20)18(22)21-9-8-13-4-2-3-5-14(13)11-21/h2-7,10,12H,8-9,11H2,1H3. The maximum Gasteiger partial charge on any atom is 0.263 e. The van der Waals surface area contributed by atoms with Crippen LogP contribution in [0.15, 0.2) is 42.5 Å². The van der Waals surface area contributed by atoms with Gasteiger partial charge in [0, 0.05) is 24.2 Å². The van der Waals surface area contributed by atoms with Gasteiger partial charge < -0.3 is 9.64 Å². The zero-order chi connectivity index (χ0) is 16.4. The number of hydrogen-bond acceptors (Lipinski definition) is 2. The molecule has 1 unspecified atom stereocenters. The van der Waals surface area contributed by atoms with Gasteiger partial charge in [-0.05, 0) is 36.6 Å². The highest BCUT2D eigenvalue weighted by molar-refractivity contribution is 6.34. The average Bonchev–Trinajstić information content (AvgIpc) is 2.57. The van der Waals surface area contributed by atoms with Gasteiger partial charge in [0.2, 0.25) is 0 Å². The molecule has 1 heterocycles. The van der Waals surface area contributed by atoms with Gasteiger partial charge in [-0.3, -0.25) is 4.79 Å². The quantitative estimate of drug-likeness (QED) is 0.824. The molecule has 1 aliphatic rings. The van der Waals surface area contributed by atoms with E-state index in [4.69, 9.17) is 27.9 Å². The first kappa shape index (κ1) is 16.2. The molecule has 1 aliphatic heterocycles. The van der Waals surface area contributed by atoms with Crippen LogP contribution in [0.1, 0.15) is 18.1 Å². The van der Waals surface area contributed by atoms with Crippen LogP contribution >= 0.6 is 23.2 Å². The summed E-state index contributed by atoms with van der Waals surface area (Å²) in [7, 11) is 0. The Morgan fingerprint density at radius 3 is 2.70 bits per heavy atom. The normalized spacial score (nSPS) is 15.0. The Hall–Kier alpha value is -1.71. The average molecular weight is 350 g/mol. The third-order valence-electron chi connectivity index (χ3n) is 3.99. The lowest BCUT2D eigenvalue weighted by atomic mass is 9.99. The molecule has 0 saturated heterocycles. The third-order valence-corrected chi connectivity index (χ3v) is 4.53. The summed E-state index contributed by atoms with van der Waals surface area (Å²) in [6.45, 7) is 3.05. The van der Waals surface area contributed by atoms with E-state index in [2.05, 4.69) is 12.1 Å². The van der Waals surface area contributed by atoms with Crippen LogP contribution < -0.4 is 4.74 Å². The molecular weight excluding hydrogens is 333 g/mol. The van der Waals surface area contributed by atoms with Crippen molar-refractivity contribution in [3.05, 3.63) is 63.6 Å². The topological polar surface area (TPSA) is 29.5 Å². The van der Waals surface area contributed by atoms with Crippen molar-refractivity contribution in [2.45, 2.75) is 26.0 Å². The molecule has 0 spiro atoms. The lowest BCUT2D eigenvalue weighted by Gasteiger charge is -2.31. The van der Waals surface area contributed by atoms with Crippen molar-refractivity contribution in [3.63, 3.8) is 0 Å². The van der Waals surface area contributed by atoms with E-state index in [1.165, 1.54) is 11.1 Å². The second kappa shape index (κ2) is 6.81. The monoisotopic (exact) mass is 349 g/mol. The third kappa shape index (κ3) is 3.62. The number of hydrogen-bond donors (Lipinski definition) is 0. The zero-order valence-corrected chi connectivity index (χ0v) is 14.3. The van der Waals surface area contributed by atoms with Crippen LogP contribution in [0.25, 0.3) is 0 Å². The van der Waals surface area contributed by atoms with Gasteiger partial charge in [-0.15, -0.1) is 0 Å². The highest BCUT2D eigenvalue weighted by Crippen LogP contribution is 2.29. The van der Waals surface area contributed by atoms with Gasteiger partial charge in [-0.2, -0.15) is 0 Å². The molecule has 23 heavy (non-hydrogen) atoms. The maximum atomic E-state index is 12.6. The molecule has 2 aromatic rings. The highest BCUT2D eigenvalue weighted by atomic mass is 35.5. The Kier molecular flexibility index (Phi) is 4.79. The smallest absolute Gasteiger partial charge is 0.263 e. The molecule has 0 fully saturated rings. The van der Waals surface area contributed by atoms with Crippen molar-refractivity contribution in [1.82, 2.24) is 4.90 Å². The Morgan fingerprint density at radius 2 is 1.91 bits per heavy atom. The van der Waals surface area contributed by atoms with E-state index in [0.717, 1.165) is 6.42 Å². The van der Waals surface area contributed by atoms with E-state index in [0.29, 0.717) is 28.9 Å². The molecule has 1 amide bonds. The molecule has 5 heteroatoms. The van der Waals surface area contributed by atoms with Crippen LogP contribution in [0.2, 0.25) is 10.0 Å². The predicted molar refractivity (Wildman–Crippen MR) is 92.1 cm³/mol. The van der Waals surface area contributed by atoms with Gasteiger partial charge in [0.15, 0.2) is 6.10 Å². The van der Waals surface area contributed by atoms with Crippen LogP contribution in [-0.2, 0) is 17.8 Å². The number of benzene rings is 2. The lowest BCUT2D eigenvalue weighted by Crippen LogP contribution is -2.43. The molecular formula is C18H17Cl2NO2. The van der Waals surface area contributed by atoms with Crippen molar-refractivity contribution >= 4 is 29.1 Å². The fourth-order valence-corrected chi connectivity index (χ4v) is 3.07. The molecule has 1 atom stereocenters. The summed E-state index contributed by atoms with van der Waals surface area (Å²) >= 11 is 12.0. The van der Waals surface area contributed by atoms with Gasteiger partial charge in [-0.25, -0.2) is 0 Å². The Balaban J connectivity index is 1.70. The summed E-state index contributed by atoms with van der Waals surface area (Å²) in [4.78, 5) is 14.5. The van der Waals surface area contributed by atoms with Crippen LogP contribution in [0.3, 0.4) is 0 Å². The van der Waals surface area contributed by atoms with Gasteiger partial charge >= 0.3 is 0 Å². The van der Waals surface area contributed by atoms with E-state index in [9.17, 15) is 4.79 Å². The minimum atomic E-state index is -0.615. The van der Waals surface area contributed by atoms with Gasteiger partial charge in [0.25, 0.3) is 5.91 Å². The molecule has 3 rings (SSSR count). The number of rotatable bonds is 3. The van der Waals surface area contributed by atoms with Crippen molar-refractivity contribution < 1.29 is 9.53 Å². The van der Waals surface area contributed by atoms with Crippen molar-refractivity contribution in [2.24, 2.45) is 0 Å². The summed E-state index contributed by atoms with van der Waals surface area (Å²) in [5.41, 5.74) is 2.50. The summed E-state index contributed by atoms with van der Waals surface area (Å²) in [5.74, 6) is 0.382. The minimum absolute atomic E-state index is 0.0458. The number of fused-ring (bicyclic) bond motifs is 1. The van der Waals surface area contributed by atoms with Crippen molar-refractivity contribution in [2.75, 3.05) is 6.54 Å². The molecule has 2 aromatic carbocycles. The number of ether oxygens (including phenoxy) is 1. The molecule has 0 N–H and O–H groups in total. The largest absolute Gasteiger partial charge is 0.479 e. The predicted octanol–water partition coefficient (Wildman–Crippen LogP) is 4.35. The first-order chi connectivity index (χ1) is 11.0. The van der Waals surface area contributed by atoms with E-state index >= 15 is 0 Å². The first-order valence-electron chi connectivity index (χ1n) is 7.52. The Labute approximate surface area is 145 Å². The van der Waals surface area contributed by atoms with Gasteiger partial charge in [0.1, 0.15) is 5.75 Å². The second-order valence-corrected chi connectivity index (χ2v) is 6.46. The van der Waals surface area contributed by atoms with Crippen molar-refractivity contribution in [1.29, 1.82) is 0 Å². The lowest BCUT2D eigenvalue weighted by molar-refractivity contribution is -0.138. The second-order valence-electron chi connectivity index (χ2n) is 5.61. The van der Waals surface area contributed by atoms with Crippen molar-refractivity contribution in [3.8, 4) is 5.75 Å². The SMILES string of the molecule is CC(Oc1cc(Cl)ccc1Cl)C(=O)N1CCc2ccccc2C1. The molecule has 0 radical (unpaired) electrons. The van der Waals surface area contributed by atoms with E-state index in [1.807, 2.05) is 17.0 Å². The van der Waals surface area contributed by atoms with E-state index in [-0.39, 0.29) is 5.91 Å². The minimum Gasteiger partial charge on any atom is -0.479 e. The maximum absolute atomic E-state index is 12.6. The van der Waals surface area contributed by atoms with Crippen LogP contribution in [0.5, 0.6) is 5.75 Å². The number of halogens is 2. The van der Waals surface area contributed by atoms with Gasteiger partial charge in [-0.1, -0.05) is 47.5 Å². The molecule has 3 nitrogen and oxygen atoms in total. The van der Waals surface area contributed by atoms with E-state index < -0.39 is 6.10 Å². The first-order valence-corrected chi connectivity index (χ1v) is 8.27. The number of amides is 1. The van der Waals surface area contributed by atoms with E-state index in [1.54, 1.807) is 25.1 Å². The summed E-state index contributed by atoms with van der Waals surface area (Å²) in [6, 6.07) is 13.2. The molecule has 120 valence electrons. The van der Waals surface area contributed by atoms with Crippen LogP contribution in [-0.4, -0.2) is 23.5 Å². The molecule has 0 bridgehead atoms. The Morgan fingerprint density at radius 1 is 1.17 bits per heavy atom. The summed E-state index contributed by atoms with van der Waals surface area (Å²) in [6.07, 6.45) is 0.253. The molecule has 0 aromatic heterocycles. The van der Waals surface area contributed by atoms with Crippen LogP contribution in [0, 0.1) is 0 Å². The van der Waals surface area contributed by atoms with Gasteiger partial charge in [0.05, 0.1) is 5.02 Å². The fourth-order valence-electron chi connectivity index (χ4n) is 2.75. The molecule has 0 saturated carbocycles. The number of nitrogens with zero attached hydrogens (tertiary/aromatic N) is 1. The summed E-state index contributed by atoms with van der Waals surface area (Å²) < 4.78 is 5.72. The fraction of sp³-hybridized carbons (Fsp3) is 0.278. The summed E-state index contributed by atoms with van der Waals surface area (Å²) in [5, 5.41) is 0.967. The Bertz CT molecular complexity index is 733. The number of carbonyl (C=O) groups excluding carboxylic acids is 1. The van der Waals surface area contributed by atoms with Crippen LogP contribution in [0.4, 0.5) is 0 Å².